The average Bonchev–Trinajstić information content (AvgIpc) is 2.17. The first-order chi connectivity index (χ1) is 7.08. The molecule has 1 nitrogen and oxygen atoms in total. The third kappa shape index (κ3) is 6.27. The van der Waals surface area contributed by atoms with Crippen LogP contribution < -0.4 is 4.57 Å². The molecule has 0 saturated carbocycles. The quantitative estimate of drug-likeness (QED) is 0.512. The Morgan fingerprint density at radius 3 is 2.13 bits per heavy atom. The van der Waals surface area contributed by atoms with Gasteiger partial charge in [0, 0.05) is 18.6 Å². The van der Waals surface area contributed by atoms with Crippen LogP contribution in [0.1, 0.15) is 46.5 Å². The van der Waals surface area contributed by atoms with Gasteiger partial charge < -0.3 is 0 Å². The van der Waals surface area contributed by atoms with E-state index in [-0.39, 0.29) is 0 Å². The molecule has 15 heavy (non-hydrogen) atoms. The molecule has 84 valence electrons. The highest BCUT2D eigenvalue weighted by Crippen LogP contribution is 2.21. The Hall–Kier alpha value is -0.850. The van der Waals surface area contributed by atoms with E-state index in [1.54, 1.807) is 0 Å². The Morgan fingerprint density at radius 2 is 1.53 bits per heavy atom. The zero-order chi connectivity index (χ0) is 11.1. The minimum atomic E-state index is 0.500. The molecule has 0 saturated heterocycles. The summed E-state index contributed by atoms with van der Waals surface area (Å²) in [4.78, 5) is 0. The van der Waals surface area contributed by atoms with E-state index < -0.39 is 0 Å². The molecule has 1 aromatic rings. The second kappa shape index (κ2) is 5.89. The van der Waals surface area contributed by atoms with Crippen LogP contribution in [0.3, 0.4) is 0 Å². The first-order valence-electron chi connectivity index (χ1n) is 6.02. The lowest BCUT2D eigenvalue weighted by Crippen LogP contribution is -2.32. The normalized spacial score (nSPS) is 11.7. The number of aromatic nitrogens is 1. The minimum Gasteiger partial charge on any atom is -0.205 e. The van der Waals surface area contributed by atoms with Gasteiger partial charge >= 0.3 is 0 Å². The average molecular weight is 206 g/mol. The van der Waals surface area contributed by atoms with Crippen molar-refractivity contribution >= 4 is 0 Å². The summed E-state index contributed by atoms with van der Waals surface area (Å²) in [6, 6.07) is 6.25. The molecule has 0 radical (unpaired) electrons. The Morgan fingerprint density at radius 1 is 0.867 bits per heavy atom. The maximum Gasteiger partial charge on any atom is 0.168 e. The van der Waals surface area contributed by atoms with E-state index >= 15 is 0 Å². The SMILES string of the molecule is CC(C)(C)CCCCC[n+]1ccccc1. The van der Waals surface area contributed by atoms with Gasteiger partial charge in [-0.15, -0.1) is 0 Å². The molecule has 0 aromatic carbocycles. The van der Waals surface area contributed by atoms with E-state index in [4.69, 9.17) is 0 Å². The number of hydrogen-bond donors (Lipinski definition) is 0. The van der Waals surface area contributed by atoms with Gasteiger partial charge in [0.2, 0.25) is 0 Å². The van der Waals surface area contributed by atoms with Crippen LogP contribution in [-0.4, -0.2) is 0 Å². The first-order valence-corrected chi connectivity index (χ1v) is 6.02. The molecule has 1 aromatic heterocycles. The predicted molar refractivity (Wildman–Crippen MR) is 64.6 cm³/mol. The number of aryl methyl sites for hydroxylation is 1. The zero-order valence-corrected chi connectivity index (χ0v) is 10.4. The van der Waals surface area contributed by atoms with Crippen LogP contribution in [0.4, 0.5) is 0 Å². The van der Waals surface area contributed by atoms with Gasteiger partial charge in [0.25, 0.3) is 0 Å². The van der Waals surface area contributed by atoms with Crippen LogP contribution in [0, 0.1) is 5.41 Å². The molecular weight excluding hydrogens is 182 g/mol. The lowest BCUT2D eigenvalue weighted by atomic mass is 9.89. The lowest BCUT2D eigenvalue weighted by molar-refractivity contribution is -0.697. The summed E-state index contributed by atoms with van der Waals surface area (Å²) < 4.78 is 2.26. The van der Waals surface area contributed by atoms with E-state index in [2.05, 4.69) is 55.9 Å². The molecule has 1 heteroatoms. The second-order valence-corrected chi connectivity index (χ2v) is 5.48. The molecule has 1 rings (SSSR count). The smallest absolute Gasteiger partial charge is 0.168 e. The molecule has 0 amide bonds. The molecule has 0 aliphatic heterocycles. The van der Waals surface area contributed by atoms with E-state index in [0.29, 0.717) is 5.41 Å². The van der Waals surface area contributed by atoms with E-state index in [1.165, 1.54) is 25.7 Å². The maximum absolute atomic E-state index is 2.32. The number of rotatable bonds is 5. The van der Waals surface area contributed by atoms with Crippen LogP contribution in [0.15, 0.2) is 30.6 Å². The van der Waals surface area contributed by atoms with Gasteiger partial charge in [-0.1, -0.05) is 33.3 Å². The molecule has 0 spiro atoms. The summed E-state index contributed by atoms with van der Waals surface area (Å²) >= 11 is 0. The number of nitrogens with zero attached hydrogens (tertiary/aromatic N) is 1. The van der Waals surface area contributed by atoms with Gasteiger partial charge in [-0.3, -0.25) is 0 Å². The van der Waals surface area contributed by atoms with Crippen LogP contribution >= 0.6 is 0 Å². The van der Waals surface area contributed by atoms with Crippen LogP contribution in [0.5, 0.6) is 0 Å². The molecule has 0 aliphatic rings. The van der Waals surface area contributed by atoms with Crippen molar-refractivity contribution in [2.24, 2.45) is 5.41 Å². The maximum atomic E-state index is 2.32. The van der Waals surface area contributed by atoms with Crippen LogP contribution in [0.25, 0.3) is 0 Å². The fourth-order valence-electron chi connectivity index (χ4n) is 1.71. The fourth-order valence-corrected chi connectivity index (χ4v) is 1.71. The van der Waals surface area contributed by atoms with Gasteiger partial charge in [-0.25, -0.2) is 4.57 Å². The van der Waals surface area contributed by atoms with Crippen molar-refractivity contribution in [1.82, 2.24) is 0 Å². The van der Waals surface area contributed by atoms with Gasteiger partial charge in [0.15, 0.2) is 12.4 Å². The second-order valence-electron chi connectivity index (χ2n) is 5.48. The van der Waals surface area contributed by atoms with Crippen molar-refractivity contribution < 1.29 is 4.57 Å². The van der Waals surface area contributed by atoms with Crippen molar-refractivity contribution in [1.29, 1.82) is 0 Å². The van der Waals surface area contributed by atoms with E-state index in [1.807, 2.05) is 0 Å². The molecule has 0 N–H and O–H groups in total. The highest BCUT2D eigenvalue weighted by molar-refractivity contribution is 4.83. The third-order valence-corrected chi connectivity index (χ3v) is 2.62. The van der Waals surface area contributed by atoms with Crippen molar-refractivity contribution in [3.63, 3.8) is 0 Å². The summed E-state index contributed by atoms with van der Waals surface area (Å²) in [5.74, 6) is 0. The molecule has 0 aliphatic carbocycles. The Balaban J connectivity index is 2.08. The first kappa shape index (κ1) is 12.2. The molecule has 0 bridgehead atoms. The zero-order valence-electron chi connectivity index (χ0n) is 10.4. The lowest BCUT2D eigenvalue weighted by Gasteiger charge is -2.17. The summed E-state index contributed by atoms with van der Waals surface area (Å²) in [6.45, 7) is 8.11. The summed E-state index contributed by atoms with van der Waals surface area (Å²) in [5.41, 5.74) is 0.500. The van der Waals surface area contributed by atoms with Gasteiger partial charge in [-0.05, 0) is 18.3 Å². The monoisotopic (exact) mass is 206 g/mol. The highest BCUT2D eigenvalue weighted by Gasteiger charge is 2.09. The van der Waals surface area contributed by atoms with E-state index in [0.717, 1.165) is 6.54 Å². The van der Waals surface area contributed by atoms with Crippen molar-refractivity contribution in [3.8, 4) is 0 Å². The van der Waals surface area contributed by atoms with E-state index in [9.17, 15) is 0 Å². The van der Waals surface area contributed by atoms with Crippen LogP contribution in [0.2, 0.25) is 0 Å². The van der Waals surface area contributed by atoms with Crippen molar-refractivity contribution in [3.05, 3.63) is 30.6 Å². The standard InChI is InChI=1S/C14H24N/c1-14(2,3)10-6-4-7-11-15-12-8-5-9-13-15/h5,8-9,12-13H,4,6-7,10-11H2,1-3H3/q+1. The molecule has 0 atom stereocenters. The molecular formula is C14H24N+. The number of hydrogen-bond acceptors (Lipinski definition) is 0. The summed E-state index contributed by atoms with van der Waals surface area (Å²) in [5, 5.41) is 0. The fraction of sp³-hybridized carbons (Fsp3) is 0.643. The van der Waals surface area contributed by atoms with Crippen LogP contribution in [-0.2, 0) is 6.54 Å². The van der Waals surface area contributed by atoms with Crippen molar-refractivity contribution in [2.45, 2.75) is 53.0 Å². The van der Waals surface area contributed by atoms with Crippen molar-refractivity contribution in [2.75, 3.05) is 0 Å². The van der Waals surface area contributed by atoms with Gasteiger partial charge in [0.1, 0.15) is 6.54 Å². The predicted octanol–water partition coefficient (Wildman–Crippen LogP) is 3.58. The summed E-state index contributed by atoms with van der Waals surface area (Å²) in [7, 11) is 0. The highest BCUT2D eigenvalue weighted by atomic mass is 14.9. The molecule has 0 unspecified atom stereocenters. The number of unbranched alkanes of at least 4 members (excludes halogenated alkanes) is 2. The largest absolute Gasteiger partial charge is 0.205 e. The minimum absolute atomic E-state index is 0.500. The summed E-state index contributed by atoms with van der Waals surface area (Å²) in [6.07, 6.45) is 9.63. The Labute approximate surface area is 94.1 Å². The Bertz CT molecular complexity index is 258. The third-order valence-electron chi connectivity index (χ3n) is 2.62. The topological polar surface area (TPSA) is 3.88 Å². The molecule has 0 fully saturated rings. The van der Waals surface area contributed by atoms with Gasteiger partial charge in [0.05, 0.1) is 0 Å². The Kier molecular flexibility index (Phi) is 4.80. The molecule has 1 heterocycles. The number of pyridine rings is 1. The van der Waals surface area contributed by atoms with Gasteiger partial charge in [-0.2, -0.15) is 0 Å².